The van der Waals surface area contributed by atoms with Gasteiger partial charge in [-0.1, -0.05) is 30.3 Å². The van der Waals surface area contributed by atoms with Crippen molar-refractivity contribution in [3.8, 4) is 22.6 Å². The number of rotatable bonds is 4. The van der Waals surface area contributed by atoms with E-state index in [4.69, 9.17) is 18.3 Å². The smallest absolute Gasteiger partial charge is 0.450 e. The zero-order valence-electron chi connectivity index (χ0n) is 18.0. The molecule has 0 saturated carbocycles. The molecule has 0 saturated heterocycles. The molecule has 35 heavy (non-hydrogen) atoms. The molecule has 5 rings (SSSR count). The molecule has 9 heteroatoms. The third-order valence-electron chi connectivity index (χ3n) is 5.34. The second-order valence-corrected chi connectivity index (χ2v) is 7.56. The molecule has 6 nitrogen and oxygen atoms in total. The molecule has 0 aliphatic carbocycles. The predicted octanol–water partition coefficient (Wildman–Crippen LogP) is 6.45. The van der Waals surface area contributed by atoms with E-state index in [9.17, 15) is 22.8 Å². The molecule has 0 aliphatic heterocycles. The lowest BCUT2D eigenvalue weighted by atomic mass is 10.0. The summed E-state index contributed by atoms with van der Waals surface area (Å²) >= 11 is 0. The van der Waals surface area contributed by atoms with Crippen molar-refractivity contribution in [3.63, 3.8) is 0 Å². The van der Waals surface area contributed by atoms with Crippen molar-refractivity contribution in [2.75, 3.05) is 7.11 Å². The highest BCUT2D eigenvalue weighted by atomic mass is 19.4. The molecular formula is C26H15F3O6. The number of methoxy groups -OCH3 is 1. The fourth-order valence-electron chi connectivity index (χ4n) is 3.70. The van der Waals surface area contributed by atoms with Crippen molar-refractivity contribution in [1.29, 1.82) is 0 Å². The van der Waals surface area contributed by atoms with Gasteiger partial charge in [0.05, 0.1) is 18.1 Å². The van der Waals surface area contributed by atoms with Gasteiger partial charge >= 0.3 is 12.1 Å². The van der Waals surface area contributed by atoms with Crippen molar-refractivity contribution >= 4 is 27.9 Å². The van der Waals surface area contributed by atoms with Gasteiger partial charge in [-0.15, -0.1) is 0 Å². The Hall–Kier alpha value is -4.53. The monoisotopic (exact) mass is 480 g/mol. The summed E-state index contributed by atoms with van der Waals surface area (Å²) in [5.74, 6) is -2.09. The Labute approximate surface area is 195 Å². The Morgan fingerprint density at radius 3 is 2.26 bits per heavy atom. The fraction of sp³-hybridized carbons (Fsp3) is 0.0769. The predicted molar refractivity (Wildman–Crippen MR) is 121 cm³/mol. The van der Waals surface area contributed by atoms with Crippen molar-refractivity contribution in [2.24, 2.45) is 0 Å². The molecule has 0 amide bonds. The standard InChI is InChI=1S/C26H15F3O6/c1-32-16-8-6-14(7-9-16)22-23(30)18-11-10-17(13-20(18)35-24(22)26(27,28)29)33-25(31)21-12-15-4-2-3-5-19(15)34-21/h2-13H,1H3. The van der Waals surface area contributed by atoms with Crippen LogP contribution in [0.2, 0.25) is 0 Å². The lowest BCUT2D eigenvalue weighted by Gasteiger charge is -2.13. The van der Waals surface area contributed by atoms with E-state index in [1.54, 1.807) is 24.3 Å². The Morgan fingerprint density at radius 1 is 0.857 bits per heavy atom. The molecule has 5 aromatic rings. The van der Waals surface area contributed by atoms with Crippen LogP contribution in [-0.4, -0.2) is 13.1 Å². The summed E-state index contributed by atoms with van der Waals surface area (Å²) in [6, 6.07) is 17.6. The highest BCUT2D eigenvalue weighted by Gasteiger charge is 2.39. The van der Waals surface area contributed by atoms with Crippen molar-refractivity contribution in [1.82, 2.24) is 0 Å². The number of fused-ring (bicyclic) bond motifs is 2. The second kappa shape index (κ2) is 8.35. The van der Waals surface area contributed by atoms with Gasteiger partial charge in [0, 0.05) is 11.5 Å². The summed E-state index contributed by atoms with van der Waals surface area (Å²) in [6.07, 6.45) is -4.95. The van der Waals surface area contributed by atoms with Crippen LogP contribution in [0.4, 0.5) is 13.2 Å². The average Bonchev–Trinajstić information content (AvgIpc) is 3.28. The molecule has 0 radical (unpaired) electrons. The van der Waals surface area contributed by atoms with Gasteiger partial charge in [0.15, 0.2) is 0 Å². The van der Waals surface area contributed by atoms with E-state index in [1.807, 2.05) is 0 Å². The Kier molecular flexibility index (Phi) is 5.32. The van der Waals surface area contributed by atoms with Gasteiger partial charge < -0.3 is 18.3 Å². The van der Waals surface area contributed by atoms with Gasteiger partial charge in [-0.05, 0) is 42.0 Å². The minimum Gasteiger partial charge on any atom is -0.497 e. The number of ether oxygens (including phenoxy) is 2. The molecule has 3 aromatic carbocycles. The van der Waals surface area contributed by atoms with Crippen LogP contribution < -0.4 is 14.9 Å². The molecule has 0 unspecified atom stereocenters. The third kappa shape index (κ3) is 4.12. The zero-order chi connectivity index (χ0) is 24.7. The first-order valence-corrected chi connectivity index (χ1v) is 10.3. The van der Waals surface area contributed by atoms with Gasteiger partial charge in [-0.25, -0.2) is 4.79 Å². The first-order chi connectivity index (χ1) is 16.7. The summed E-state index contributed by atoms with van der Waals surface area (Å²) in [7, 11) is 1.42. The summed E-state index contributed by atoms with van der Waals surface area (Å²) in [5, 5.41) is 0.581. The molecule has 0 fully saturated rings. The summed E-state index contributed by atoms with van der Waals surface area (Å²) in [6.45, 7) is 0. The Balaban J connectivity index is 1.56. The van der Waals surface area contributed by atoms with Crippen LogP contribution in [0.15, 0.2) is 86.4 Å². The summed E-state index contributed by atoms with van der Waals surface area (Å²) in [5.41, 5.74) is -1.38. The molecule has 2 aromatic heterocycles. The maximum atomic E-state index is 13.9. The summed E-state index contributed by atoms with van der Waals surface area (Å²) < 4.78 is 62.5. The minimum atomic E-state index is -4.95. The molecule has 176 valence electrons. The maximum Gasteiger partial charge on any atom is 0.450 e. The topological polar surface area (TPSA) is 78.9 Å². The maximum absolute atomic E-state index is 13.9. The highest BCUT2D eigenvalue weighted by Crippen LogP contribution is 2.38. The van der Waals surface area contributed by atoms with Gasteiger partial charge in [-0.3, -0.25) is 4.79 Å². The largest absolute Gasteiger partial charge is 0.497 e. The van der Waals surface area contributed by atoms with E-state index in [1.165, 1.54) is 49.6 Å². The highest BCUT2D eigenvalue weighted by molar-refractivity contribution is 5.94. The number of para-hydroxylation sites is 1. The van der Waals surface area contributed by atoms with E-state index in [-0.39, 0.29) is 28.0 Å². The SMILES string of the molecule is COc1ccc(-c2c(C(F)(F)F)oc3cc(OC(=O)c4cc5ccccc5o4)ccc3c2=O)cc1. The number of esters is 1. The van der Waals surface area contributed by atoms with E-state index in [0.717, 1.165) is 6.07 Å². The number of carbonyl (C=O) groups excluding carboxylic acids is 1. The van der Waals surface area contributed by atoms with Crippen molar-refractivity contribution in [3.05, 3.63) is 94.5 Å². The fourth-order valence-corrected chi connectivity index (χ4v) is 3.70. The lowest BCUT2D eigenvalue weighted by molar-refractivity contribution is -0.152. The number of furan rings is 1. The van der Waals surface area contributed by atoms with Gasteiger partial charge in [-0.2, -0.15) is 13.2 Å². The number of benzene rings is 3. The lowest BCUT2D eigenvalue weighted by Crippen LogP contribution is -2.16. The van der Waals surface area contributed by atoms with Crippen LogP contribution in [-0.2, 0) is 6.18 Å². The van der Waals surface area contributed by atoms with E-state index >= 15 is 0 Å². The molecule has 0 atom stereocenters. The molecular weight excluding hydrogens is 465 g/mol. The quantitative estimate of drug-likeness (QED) is 0.217. The first-order valence-electron chi connectivity index (χ1n) is 10.3. The second-order valence-electron chi connectivity index (χ2n) is 7.56. The molecule has 0 spiro atoms. The van der Waals surface area contributed by atoms with Crippen molar-refractivity contribution in [2.45, 2.75) is 6.18 Å². The number of carbonyl (C=O) groups is 1. The number of alkyl halides is 3. The summed E-state index contributed by atoms with van der Waals surface area (Å²) in [4.78, 5) is 25.6. The van der Waals surface area contributed by atoms with Gasteiger partial charge in [0.1, 0.15) is 22.7 Å². The number of hydrogen-bond donors (Lipinski definition) is 0. The van der Waals surface area contributed by atoms with E-state index in [0.29, 0.717) is 16.7 Å². The van der Waals surface area contributed by atoms with Crippen molar-refractivity contribution < 1.29 is 36.3 Å². The van der Waals surface area contributed by atoms with Crippen LogP contribution >= 0.6 is 0 Å². The third-order valence-corrected chi connectivity index (χ3v) is 5.34. The first kappa shape index (κ1) is 22.3. The van der Waals surface area contributed by atoms with Crippen LogP contribution in [0, 0.1) is 0 Å². The van der Waals surface area contributed by atoms with E-state index in [2.05, 4.69) is 0 Å². The normalized spacial score (nSPS) is 11.7. The average molecular weight is 480 g/mol. The number of hydrogen-bond acceptors (Lipinski definition) is 6. The van der Waals surface area contributed by atoms with Crippen LogP contribution in [0.5, 0.6) is 11.5 Å². The Morgan fingerprint density at radius 2 is 1.57 bits per heavy atom. The minimum absolute atomic E-state index is 0.0224. The van der Waals surface area contributed by atoms with E-state index < -0.39 is 28.9 Å². The molecule has 2 heterocycles. The van der Waals surface area contributed by atoms with Crippen LogP contribution in [0.3, 0.4) is 0 Å². The van der Waals surface area contributed by atoms with Gasteiger partial charge in [0.2, 0.25) is 16.9 Å². The van der Waals surface area contributed by atoms with Gasteiger partial charge in [0.25, 0.3) is 0 Å². The Bertz CT molecular complexity index is 1590. The number of halogens is 3. The molecule has 0 bridgehead atoms. The molecule has 0 aliphatic rings. The van der Waals surface area contributed by atoms with Crippen LogP contribution in [0.1, 0.15) is 16.3 Å². The molecule has 0 N–H and O–H groups in total. The van der Waals surface area contributed by atoms with Crippen LogP contribution in [0.25, 0.3) is 33.1 Å². The zero-order valence-corrected chi connectivity index (χ0v) is 18.0.